The molecule has 2 rings (SSSR count). The molecule has 12 heavy (non-hydrogen) atoms. The normalized spacial score (nSPS) is 10.0. The van der Waals surface area contributed by atoms with Gasteiger partial charge in [-0.3, -0.25) is 0 Å². The quantitative estimate of drug-likeness (QED) is 0.649. The molecule has 0 spiro atoms. The molecule has 0 N–H and O–H groups in total. The van der Waals surface area contributed by atoms with E-state index in [-0.39, 0.29) is 0 Å². The molecule has 0 aliphatic carbocycles. The molecule has 0 radical (unpaired) electrons. The van der Waals surface area contributed by atoms with Gasteiger partial charge in [-0.15, -0.1) is 0 Å². The molecule has 0 saturated carbocycles. The van der Waals surface area contributed by atoms with Crippen molar-refractivity contribution in [2.24, 2.45) is 0 Å². The minimum atomic E-state index is 0.779. The number of hydrogen-bond acceptors (Lipinski definition) is 3. The predicted molar refractivity (Wildman–Crippen MR) is 52.3 cm³/mol. The van der Waals surface area contributed by atoms with Gasteiger partial charge in [0, 0.05) is 0 Å². The highest BCUT2D eigenvalue weighted by atomic mass is 32.1. The summed E-state index contributed by atoms with van der Waals surface area (Å²) in [4.78, 5) is 0. The van der Waals surface area contributed by atoms with Gasteiger partial charge in [0.1, 0.15) is 5.51 Å². The van der Waals surface area contributed by atoms with Crippen LogP contribution in [-0.4, -0.2) is 9.78 Å². The summed E-state index contributed by atoms with van der Waals surface area (Å²) in [5.74, 6) is 0. The molecule has 0 amide bonds. The highest BCUT2D eigenvalue weighted by molar-refractivity contribution is 7.73. The Morgan fingerprint density at radius 1 is 1.25 bits per heavy atom. The first kappa shape index (κ1) is 7.64. The zero-order chi connectivity index (χ0) is 8.39. The molecular formula is C8H6N2S2. The second kappa shape index (κ2) is 3.16. The summed E-state index contributed by atoms with van der Waals surface area (Å²) in [6, 6.07) is 9.87. The van der Waals surface area contributed by atoms with E-state index in [0.29, 0.717) is 0 Å². The lowest BCUT2D eigenvalue weighted by Gasteiger charge is -1.97. The van der Waals surface area contributed by atoms with Gasteiger partial charge >= 0.3 is 0 Å². The average molecular weight is 194 g/mol. The van der Waals surface area contributed by atoms with E-state index in [9.17, 15) is 0 Å². The topological polar surface area (TPSA) is 17.8 Å². The van der Waals surface area contributed by atoms with Crippen LogP contribution >= 0.6 is 23.6 Å². The summed E-state index contributed by atoms with van der Waals surface area (Å²) in [5, 5.41) is 4.12. The van der Waals surface area contributed by atoms with Crippen LogP contribution < -0.4 is 0 Å². The number of hydrogen-bond donors (Lipinski definition) is 0. The summed E-state index contributed by atoms with van der Waals surface area (Å²) in [5.41, 5.74) is 2.76. The van der Waals surface area contributed by atoms with Crippen LogP contribution in [0.4, 0.5) is 0 Å². The molecule has 1 aromatic carbocycles. The van der Waals surface area contributed by atoms with Crippen LogP contribution in [-0.2, 0) is 0 Å². The molecule has 4 heteroatoms. The molecule has 0 bridgehead atoms. The molecule has 2 nitrogen and oxygen atoms in total. The van der Waals surface area contributed by atoms with Crippen molar-refractivity contribution in [1.29, 1.82) is 0 Å². The lowest BCUT2D eigenvalue weighted by Crippen LogP contribution is -1.94. The van der Waals surface area contributed by atoms with Gasteiger partial charge in [0.05, 0.1) is 5.69 Å². The largest absolute Gasteiger partial charge is 0.212 e. The Labute approximate surface area is 79.1 Å². The Balaban J connectivity index is 2.59. The highest BCUT2D eigenvalue weighted by Crippen LogP contribution is 2.08. The summed E-state index contributed by atoms with van der Waals surface area (Å²) < 4.78 is 2.53. The van der Waals surface area contributed by atoms with E-state index in [2.05, 4.69) is 5.10 Å². The molecule has 0 aliphatic heterocycles. The van der Waals surface area contributed by atoms with E-state index in [0.717, 1.165) is 9.64 Å². The Morgan fingerprint density at radius 2 is 2.00 bits per heavy atom. The molecule has 0 saturated heterocycles. The summed E-state index contributed by atoms with van der Waals surface area (Å²) in [6.45, 7) is 0. The van der Waals surface area contributed by atoms with E-state index >= 15 is 0 Å². The van der Waals surface area contributed by atoms with Crippen molar-refractivity contribution in [2.75, 3.05) is 0 Å². The Kier molecular flexibility index (Phi) is 2.01. The van der Waals surface area contributed by atoms with Gasteiger partial charge in [0.15, 0.2) is 3.95 Å². The van der Waals surface area contributed by atoms with Gasteiger partial charge in [-0.1, -0.05) is 29.5 Å². The average Bonchev–Trinajstić information content (AvgIpc) is 2.53. The first-order valence-corrected chi connectivity index (χ1v) is 4.75. The van der Waals surface area contributed by atoms with Crippen molar-refractivity contribution >= 4 is 23.6 Å². The fraction of sp³-hybridized carbons (Fsp3) is 0. The van der Waals surface area contributed by atoms with Gasteiger partial charge in [0.25, 0.3) is 0 Å². The molecule has 1 heterocycles. The van der Waals surface area contributed by atoms with Gasteiger partial charge < -0.3 is 0 Å². The molecular weight excluding hydrogens is 188 g/mol. The lowest BCUT2D eigenvalue weighted by molar-refractivity contribution is 0.870. The van der Waals surface area contributed by atoms with E-state index in [4.69, 9.17) is 12.2 Å². The van der Waals surface area contributed by atoms with Crippen molar-refractivity contribution in [1.82, 2.24) is 9.78 Å². The highest BCUT2D eigenvalue weighted by Gasteiger charge is 1.95. The fourth-order valence-electron chi connectivity index (χ4n) is 0.954. The molecule has 1 aromatic heterocycles. The first-order chi connectivity index (χ1) is 5.88. The van der Waals surface area contributed by atoms with Gasteiger partial charge in [-0.25, -0.2) is 4.68 Å². The smallest absolute Gasteiger partial charge is 0.183 e. The molecule has 2 aromatic rings. The number of para-hydroxylation sites is 1. The van der Waals surface area contributed by atoms with E-state index in [1.807, 2.05) is 30.3 Å². The predicted octanol–water partition coefficient (Wildman–Crippen LogP) is 2.66. The monoisotopic (exact) mass is 194 g/mol. The maximum absolute atomic E-state index is 5.09. The Hall–Kier alpha value is -1.00. The van der Waals surface area contributed by atoms with E-state index < -0.39 is 0 Å². The molecule has 0 fully saturated rings. The molecule has 0 unspecified atom stereocenters. The minimum Gasteiger partial charge on any atom is -0.212 e. The number of rotatable bonds is 1. The first-order valence-electron chi connectivity index (χ1n) is 3.46. The van der Waals surface area contributed by atoms with Crippen LogP contribution in [0.15, 0.2) is 35.8 Å². The number of benzene rings is 1. The second-order valence-corrected chi connectivity index (χ2v) is 3.73. The van der Waals surface area contributed by atoms with Crippen molar-refractivity contribution in [3.8, 4) is 5.69 Å². The SMILES string of the molecule is S=c1scnn1-c1ccccc1. The zero-order valence-electron chi connectivity index (χ0n) is 6.18. The van der Waals surface area contributed by atoms with Crippen LogP contribution in [0.5, 0.6) is 0 Å². The van der Waals surface area contributed by atoms with Crippen LogP contribution in [0.3, 0.4) is 0 Å². The van der Waals surface area contributed by atoms with E-state index in [1.165, 1.54) is 11.3 Å². The third-order valence-electron chi connectivity index (χ3n) is 1.49. The molecule has 60 valence electrons. The van der Waals surface area contributed by atoms with Crippen molar-refractivity contribution in [3.05, 3.63) is 39.8 Å². The minimum absolute atomic E-state index is 0.779. The van der Waals surface area contributed by atoms with Gasteiger partial charge in [-0.05, 0) is 24.4 Å². The van der Waals surface area contributed by atoms with E-state index in [1.54, 1.807) is 10.2 Å². The summed E-state index contributed by atoms with van der Waals surface area (Å²) in [7, 11) is 0. The molecule has 0 aliphatic rings. The third-order valence-corrected chi connectivity index (χ3v) is 2.53. The van der Waals surface area contributed by atoms with Gasteiger partial charge in [-0.2, -0.15) is 5.10 Å². The standard InChI is InChI=1S/C8H6N2S2/c11-8-10(9-6-12-8)7-4-2-1-3-5-7/h1-6H. The van der Waals surface area contributed by atoms with Crippen molar-refractivity contribution in [2.45, 2.75) is 0 Å². The number of aromatic nitrogens is 2. The van der Waals surface area contributed by atoms with Crippen molar-refractivity contribution in [3.63, 3.8) is 0 Å². The number of nitrogens with zero attached hydrogens (tertiary/aromatic N) is 2. The maximum atomic E-state index is 5.09. The Morgan fingerprint density at radius 3 is 2.58 bits per heavy atom. The van der Waals surface area contributed by atoms with Crippen LogP contribution in [0.2, 0.25) is 0 Å². The second-order valence-electron chi connectivity index (χ2n) is 2.25. The van der Waals surface area contributed by atoms with Crippen molar-refractivity contribution < 1.29 is 0 Å². The lowest BCUT2D eigenvalue weighted by atomic mass is 10.3. The maximum Gasteiger partial charge on any atom is 0.183 e. The van der Waals surface area contributed by atoms with Crippen LogP contribution in [0.1, 0.15) is 0 Å². The zero-order valence-corrected chi connectivity index (χ0v) is 7.81. The van der Waals surface area contributed by atoms with Crippen LogP contribution in [0.25, 0.3) is 5.69 Å². The molecule has 0 atom stereocenters. The third kappa shape index (κ3) is 1.31. The summed E-state index contributed by atoms with van der Waals surface area (Å²) >= 11 is 6.55. The van der Waals surface area contributed by atoms with Gasteiger partial charge in [0.2, 0.25) is 0 Å². The van der Waals surface area contributed by atoms with Crippen LogP contribution in [0, 0.1) is 3.95 Å². The fourth-order valence-corrected chi connectivity index (χ4v) is 1.72. The summed E-state index contributed by atoms with van der Waals surface area (Å²) in [6.07, 6.45) is 0. The Bertz CT molecular complexity index is 416.